The molecule has 0 radical (unpaired) electrons. The number of rotatable bonds is 5. The monoisotopic (exact) mass is 420 g/mol. The van der Waals surface area contributed by atoms with Gasteiger partial charge in [0.15, 0.2) is 0 Å². The molecule has 0 aliphatic heterocycles. The van der Waals surface area contributed by atoms with E-state index in [0.29, 0.717) is 21.3 Å². The summed E-state index contributed by atoms with van der Waals surface area (Å²) < 4.78 is 5.22. The van der Waals surface area contributed by atoms with Crippen LogP contribution in [0.25, 0.3) is 10.4 Å². The maximum Gasteiger partial charge on any atom is 0.341 e. The highest BCUT2D eigenvalue weighted by Gasteiger charge is 2.26. The molecule has 0 aliphatic carbocycles. The standard InChI is InChI=1S/C19H17ClN2O3S2/c1-3-25-18(23)16-15(14-8-5-9-26-14)11(2)27-17(16)22-19(24)21-13-7-4-6-12(20)10-13/h4-10H,3H2,1-2H3,(H2,21,22,24). The SMILES string of the molecule is CCOC(=O)c1c(NC(=O)Nc2cccc(Cl)c2)sc(C)c1-c1cccs1. The summed E-state index contributed by atoms with van der Waals surface area (Å²) in [4.78, 5) is 26.9. The maximum atomic E-state index is 12.6. The minimum atomic E-state index is -0.457. The van der Waals surface area contributed by atoms with Crippen LogP contribution in [0.5, 0.6) is 0 Å². The Labute approximate surface area is 169 Å². The molecule has 140 valence electrons. The summed E-state index contributed by atoms with van der Waals surface area (Å²) in [7, 11) is 0. The van der Waals surface area contributed by atoms with Crippen molar-refractivity contribution in [3.8, 4) is 10.4 Å². The quantitative estimate of drug-likeness (QED) is 0.478. The fourth-order valence-corrected chi connectivity index (χ4v) is 4.72. The third kappa shape index (κ3) is 4.50. The molecule has 0 saturated carbocycles. The number of aryl methyl sites for hydroxylation is 1. The predicted octanol–water partition coefficient (Wildman–Crippen LogP) is 6.26. The number of ether oxygens (including phenoxy) is 1. The van der Waals surface area contributed by atoms with Crippen molar-refractivity contribution < 1.29 is 14.3 Å². The largest absolute Gasteiger partial charge is 0.462 e. The number of carbonyl (C=O) groups excluding carboxylic acids is 2. The summed E-state index contributed by atoms with van der Waals surface area (Å²) in [6.45, 7) is 3.93. The predicted molar refractivity (Wildman–Crippen MR) is 112 cm³/mol. The molecule has 0 aliphatic rings. The molecule has 0 spiro atoms. The fourth-order valence-electron chi connectivity index (χ4n) is 2.58. The van der Waals surface area contributed by atoms with Crippen LogP contribution in [0.1, 0.15) is 22.2 Å². The van der Waals surface area contributed by atoms with Gasteiger partial charge < -0.3 is 10.1 Å². The van der Waals surface area contributed by atoms with E-state index in [1.165, 1.54) is 22.7 Å². The number of carbonyl (C=O) groups is 2. The molecule has 0 bridgehead atoms. The van der Waals surface area contributed by atoms with Crippen molar-refractivity contribution in [3.05, 3.63) is 57.2 Å². The average molecular weight is 421 g/mol. The van der Waals surface area contributed by atoms with Gasteiger partial charge in [-0.25, -0.2) is 9.59 Å². The highest BCUT2D eigenvalue weighted by molar-refractivity contribution is 7.18. The van der Waals surface area contributed by atoms with E-state index in [1.807, 2.05) is 24.4 Å². The van der Waals surface area contributed by atoms with Crippen LogP contribution in [-0.2, 0) is 4.74 Å². The lowest BCUT2D eigenvalue weighted by atomic mass is 10.1. The maximum absolute atomic E-state index is 12.6. The lowest BCUT2D eigenvalue weighted by molar-refractivity contribution is 0.0529. The molecule has 2 amide bonds. The Bertz CT molecular complexity index is 968. The molecule has 3 rings (SSSR count). The van der Waals surface area contributed by atoms with Crippen LogP contribution in [0.15, 0.2) is 41.8 Å². The summed E-state index contributed by atoms with van der Waals surface area (Å²) in [5, 5.41) is 8.40. The van der Waals surface area contributed by atoms with Crippen LogP contribution in [-0.4, -0.2) is 18.6 Å². The molecule has 0 atom stereocenters. The van der Waals surface area contributed by atoms with E-state index >= 15 is 0 Å². The normalized spacial score (nSPS) is 10.5. The van der Waals surface area contributed by atoms with Crippen LogP contribution in [0, 0.1) is 6.92 Å². The van der Waals surface area contributed by atoms with Crippen LogP contribution in [0.3, 0.4) is 0 Å². The van der Waals surface area contributed by atoms with Crippen LogP contribution < -0.4 is 10.6 Å². The second-order valence-electron chi connectivity index (χ2n) is 5.52. The molecule has 27 heavy (non-hydrogen) atoms. The Balaban J connectivity index is 1.91. The van der Waals surface area contributed by atoms with Gasteiger partial charge in [-0.1, -0.05) is 23.7 Å². The summed E-state index contributed by atoms with van der Waals surface area (Å²) >= 11 is 8.82. The number of esters is 1. The van der Waals surface area contributed by atoms with Gasteiger partial charge >= 0.3 is 12.0 Å². The molecule has 1 aromatic carbocycles. The molecule has 8 heteroatoms. The molecule has 2 N–H and O–H groups in total. The molecular formula is C19H17ClN2O3S2. The summed E-state index contributed by atoms with van der Waals surface area (Å²) in [6.07, 6.45) is 0. The van der Waals surface area contributed by atoms with Gasteiger partial charge in [-0.2, -0.15) is 0 Å². The number of thiophene rings is 2. The smallest absolute Gasteiger partial charge is 0.341 e. The lowest BCUT2D eigenvalue weighted by Gasteiger charge is -2.09. The Morgan fingerprint density at radius 3 is 2.67 bits per heavy atom. The van der Waals surface area contributed by atoms with Crippen LogP contribution in [0.2, 0.25) is 5.02 Å². The Morgan fingerprint density at radius 2 is 2.00 bits per heavy atom. The van der Waals surface area contributed by atoms with Crippen molar-refractivity contribution in [2.24, 2.45) is 0 Å². The molecule has 2 aromatic heterocycles. The first-order valence-corrected chi connectivity index (χ1v) is 10.2. The van der Waals surface area contributed by atoms with Gasteiger partial charge in [-0.05, 0) is 43.5 Å². The second-order valence-corrected chi connectivity index (χ2v) is 8.13. The minimum Gasteiger partial charge on any atom is -0.462 e. The number of hydrogen-bond donors (Lipinski definition) is 2. The topological polar surface area (TPSA) is 67.4 Å². The van der Waals surface area contributed by atoms with Gasteiger partial charge in [0, 0.05) is 26.0 Å². The van der Waals surface area contributed by atoms with E-state index in [0.717, 1.165) is 15.3 Å². The van der Waals surface area contributed by atoms with Crippen molar-refractivity contribution in [2.75, 3.05) is 17.2 Å². The first-order valence-electron chi connectivity index (χ1n) is 8.17. The fraction of sp³-hybridized carbons (Fsp3) is 0.158. The van der Waals surface area contributed by atoms with Crippen molar-refractivity contribution in [1.82, 2.24) is 0 Å². The highest BCUT2D eigenvalue weighted by Crippen LogP contribution is 2.42. The highest BCUT2D eigenvalue weighted by atomic mass is 35.5. The first-order chi connectivity index (χ1) is 13.0. The zero-order valence-corrected chi connectivity index (χ0v) is 17.1. The lowest BCUT2D eigenvalue weighted by Crippen LogP contribution is -2.20. The molecular weight excluding hydrogens is 404 g/mol. The molecule has 3 aromatic rings. The van der Waals surface area contributed by atoms with Gasteiger partial charge in [0.2, 0.25) is 0 Å². The molecule has 5 nitrogen and oxygen atoms in total. The van der Waals surface area contributed by atoms with Crippen LogP contribution >= 0.6 is 34.3 Å². The molecule has 2 heterocycles. The zero-order chi connectivity index (χ0) is 19.4. The van der Waals surface area contributed by atoms with Gasteiger partial charge in [0.25, 0.3) is 0 Å². The van der Waals surface area contributed by atoms with Crippen molar-refractivity contribution in [1.29, 1.82) is 0 Å². The number of hydrogen-bond acceptors (Lipinski definition) is 5. The summed E-state index contributed by atoms with van der Waals surface area (Å²) in [5.74, 6) is -0.455. The molecule has 0 unspecified atom stereocenters. The number of nitrogens with one attached hydrogen (secondary N) is 2. The Kier molecular flexibility index (Phi) is 6.15. The van der Waals surface area contributed by atoms with Crippen molar-refractivity contribution in [3.63, 3.8) is 0 Å². The van der Waals surface area contributed by atoms with Crippen molar-refractivity contribution >= 4 is 57.0 Å². The van der Waals surface area contributed by atoms with Gasteiger partial charge in [-0.15, -0.1) is 22.7 Å². The summed E-state index contributed by atoms with van der Waals surface area (Å²) in [6, 6.07) is 10.2. The zero-order valence-electron chi connectivity index (χ0n) is 14.7. The van der Waals surface area contributed by atoms with Gasteiger partial charge in [-0.3, -0.25) is 5.32 Å². The summed E-state index contributed by atoms with van der Waals surface area (Å²) in [5.41, 5.74) is 1.74. The minimum absolute atomic E-state index is 0.256. The second kappa shape index (κ2) is 8.56. The first kappa shape index (κ1) is 19.4. The third-order valence-corrected chi connectivity index (χ3v) is 5.78. The van der Waals surface area contributed by atoms with Crippen LogP contribution in [0.4, 0.5) is 15.5 Å². The van der Waals surface area contributed by atoms with Gasteiger partial charge in [0.1, 0.15) is 10.6 Å². The number of halogens is 1. The Morgan fingerprint density at radius 1 is 1.19 bits per heavy atom. The van der Waals surface area contributed by atoms with Crippen molar-refractivity contribution in [2.45, 2.75) is 13.8 Å². The number of amides is 2. The molecule has 0 fully saturated rings. The number of benzene rings is 1. The number of anilines is 2. The third-order valence-electron chi connectivity index (χ3n) is 3.64. The van der Waals surface area contributed by atoms with Gasteiger partial charge in [0.05, 0.1) is 6.61 Å². The van der Waals surface area contributed by atoms with E-state index in [4.69, 9.17) is 16.3 Å². The Hall–Kier alpha value is -2.35. The van der Waals surface area contributed by atoms with E-state index in [1.54, 1.807) is 31.2 Å². The van der Waals surface area contributed by atoms with E-state index in [-0.39, 0.29) is 6.61 Å². The number of urea groups is 1. The van der Waals surface area contributed by atoms with E-state index < -0.39 is 12.0 Å². The van der Waals surface area contributed by atoms with E-state index in [2.05, 4.69) is 10.6 Å². The molecule has 0 saturated heterocycles. The van der Waals surface area contributed by atoms with E-state index in [9.17, 15) is 9.59 Å². The average Bonchev–Trinajstić information content (AvgIpc) is 3.22.